The molecule has 0 saturated heterocycles. The number of H-pyrrole nitrogens is 1. The molecule has 4 rings (SSSR count). The molecule has 2 atom stereocenters. The molecular weight excluding hydrogens is 392 g/mol. The number of pyridine rings is 1. The number of hydrogen-bond acceptors (Lipinski definition) is 5. The Bertz CT molecular complexity index is 1070. The van der Waals surface area contributed by atoms with Crippen LogP contribution in [0.2, 0.25) is 0 Å². The van der Waals surface area contributed by atoms with Crippen molar-refractivity contribution in [1.29, 1.82) is 0 Å². The van der Waals surface area contributed by atoms with Gasteiger partial charge in [0.1, 0.15) is 0 Å². The minimum atomic E-state index is -4.67. The molecule has 0 amide bonds. The first kappa shape index (κ1) is 21.4. The lowest BCUT2D eigenvalue weighted by atomic mass is 9.92. The van der Waals surface area contributed by atoms with Gasteiger partial charge in [-0.25, -0.2) is 0 Å². The highest BCUT2D eigenvalue weighted by molar-refractivity contribution is 7.79. The molecule has 29 heavy (non-hydrogen) atoms. The van der Waals surface area contributed by atoms with Gasteiger partial charge >= 0.3 is 10.4 Å². The van der Waals surface area contributed by atoms with E-state index in [-0.39, 0.29) is 6.04 Å². The Balaban J connectivity index is 0.000000431. The molecule has 156 valence electrons. The maximum Gasteiger partial charge on any atom is 0.394 e. The van der Waals surface area contributed by atoms with Gasteiger partial charge in [0, 0.05) is 23.2 Å². The summed E-state index contributed by atoms with van der Waals surface area (Å²) < 4.78 is 31.6. The van der Waals surface area contributed by atoms with Gasteiger partial charge in [-0.05, 0) is 54.4 Å². The van der Waals surface area contributed by atoms with Crippen molar-refractivity contribution in [3.63, 3.8) is 0 Å². The van der Waals surface area contributed by atoms with Crippen LogP contribution in [0.3, 0.4) is 0 Å². The fraction of sp³-hybridized carbons (Fsp3) is 0.400. The fourth-order valence-corrected chi connectivity index (χ4v) is 3.51. The third kappa shape index (κ3) is 5.39. The zero-order valence-corrected chi connectivity index (χ0v) is 17.2. The standard InChI is InChI=1S/C20H24N4.H2O4S/c1-3-17(21)12(2)14-6-8-18(22-10-14)15-7-9-19-16(11-23-24-19)20(15)13-4-5-13;1-5(2,3)4/h6-13,17H,3-5,21H2,1-2H3,(H,23,24);(H2,1,2,3,4). The number of nitrogens with one attached hydrogen (secondary N) is 1. The highest BCUT2D eigenvalue weighted by Crippen LogP contribution is 2.47. The molecule has 2 unspecified atom stereocenters. The number of aromatic nitrogens is 3. The van der Waals surface area contributed by atoms with Gasteiger partial charge < -0.3 is 5.73 Å². The molecule has 1 aromatic carbocycles. The van der Waals surface area contributed by atoms with Crippen molar-refractivity contribution in [2.24, 2.45) is 5.73 Å². The highest BCUT2D eigenvalue weighted by Gasteiger charge is 2.29. The normalized spacial score (nSPS) is 16.2. The van der Waals surface area contributed by atoms with Crippen LogP contribution < -0.4 is 5.73 Å². The molecule has 1 saturated carbocycles. The van der Waals surface area contributed by atoms with Gasteiger partial charge in [0.15, 0.2) is 0 Å². The van der Waals surface area contributed by atoms with Crippen molar-refractivity contribution in [3.8, 4) is 11.3 Å². The summed E-state index contributed by atoms with van der Waals surface area (Å²) in [7, 11) is -4.67. The zero-order valence-electron chi connectivity index (χ0n) is 16.4. The molecule has 2 aromatic heterocycles. The minimum absolute atomic E-state index is 0.182. The largest absolute Gasteiger partial charge is 0.394 e. The van der Waals surface area contributed by atoms with Crippen molar-refractivity contribution < 1.29 is 17.5 Å². The van der Waals surface area contributed by atoms with E-state index in [1.807, 2.05) is 12.4 Å². The second-order valence-corrected chi connectivity index (χ2v) is 8.31. The van der Waals surface area contributed by atoms with Crippen LogP contribution in [-0.4, -0.2) is 38.7 Å². The summed E-state index contributed by atoms with van der Waals surface area (Å²) in [6.45, 7) is 4.31. The van der Waals surface area contributed by atoms with Crippen LogP contribution in [-0.2, 0) is 10.4 Å². The van der Waals surface area contributed by atoms with Crippen LogP contribution in [0.1, 0.15) is 56.1 Å². The molecular formula is C20H26N4O4S. The summed E-state index contributed by atoms with van der Waals surface area (Å²) in [4.78, 5) is 4.76. The van der Waals surface area contributed by atoms with Crippen LogP contribution >= 0.6 is 0 Å². The number of nitrogens with two attached hydrogens (primary N) is 1. The van der Waals surface area contributed by atoms with Crippen LogP contribution in [0, 0.1) is 0 Å². The summed E-state index contributed by atoms with van der Waals surface area (Å²) in [5.41, 5.74) is 12.2. The number of hydrogen-bond donors (Lipinski definition) is 4. The van der Waals surface area contributed by atoms with E-state index < -0.39 is 10.4 Å². The molecule has 1 aliphatic carbocycles. The van der Waals surface area contributed by atoms with Gasteiger partial charge in [0.2, 0.25) is 0 Å². The Morgan fingerprint density at radius 3 is 2.45 bits per heavy atom. The lowest BCUT2D eigenvalue weighted by Crippen LogP contribution is -2.25. The molecule has 0 radical (unpaired) electrons. The quantitative estimate of drug-likeness (QED) is 0.463. The molecule has 0 bridgehead atoms. The SMILES string of the molecule is CCC(N)C(C)c1ccc(-c2ccc3[nH]ncc3c2C2CC2)nc1.O=S(=O)(O)O. The second-order valence-electron chi connectivity index (χ2n) is 7.42. The van der Waals surface area contributed by atoms with Crippen molar-refractivity contribution in [1.82, 2.24) is 15.2 Å². The molecule has 0 aliphatic heterocycles. The first-order chi connectivity index (χ1) is 13.7. The molecule has 1 fully saturated rings. The number of rotatable bonds is 5. The number of aromatic amines is 1. The lowest BCUT2D eigenvalue weighted by molar-refractivity contribution is 0.381. The van der Waals surface area contributed by atoms with Crippen LogP contribution in [0.25, 0.3) is 22.2 Å². The molecule has 0 spiro atoms. The van der Waals surface area contributed by atoms with E-state index in [4.69, 9.17) is 28.2 Å². The van der Waals surface area contributed by atoms with E-state index in [0.29, 0.717) is 11.8 Å². The van der Waals surface area contributed by atoms with Gasteiger partial charge in [-0.15, -0.1) is 0 Å². The third-order valence-corrected chi connectivity index (χ3v) is 5.35. The lowest BCUT2D eigenvalue weighted by Gasteiger charge is -2.18. The predicted octanol–water partition coefficient (Wildman–Crippen LogP) is 3.69. The molecule has 8 nitrogen and oxygen atoms in total. The van der Waals surface area contributed by atoms with E-state index in [1.54, 1.807) is 0 Å². The molecule has 5 N–H and O–H groups in total. The molecule has 3 aromatic rings. The van der Waals surface area contributed by atoms with Gasteiger partial charge in [-0.1, -0.05) is 26.0 Å². The van der Waals surface area contributed by atoms with Gasteiger partial charge in [-0.3, -0.25) is 19.2 Å². The summed E-state index contributed by atoms with van der Waals surface area (Å²) in [6.07, 6.45) is 7.44. The van der Waals surface area contributed by atoms with E-state index in [1.165, 1.54) is 34.9 Å². The first-order valence-electron chi connectivity index (χ1n) is 9.56. The monoisotopic (exact) mass is 418 g/mol. The Labute approximate surface area is 170 Å². The maximum atomic E-state index is 8.74. The topological polar surface area (TPSA) is 142 Å². The average Bonchev–Trinajstić information content (AvgIpc) is 3.40. The first-order valence-corrected chi connectivity index (χ1v) is 11.0. The van der Waals surface area contributed by atoms with E-state index in [9.17, 15) is 0 Å². The second kappa shape index (κ2) is 8.58. The summed E-state index contributed by atoms with van der Waals surface area (Å²) in [5.74, 6) is 0.978. The van der Waals surface area contributed by atoms with Crippen molar-refractivity contribution >= 4 is 21.3 Å². The summed E-state index contributed by atoms with van der Waals surface area (Å²) in [5, 5.41) is 8.53. The average molecular weight is 419 g/mol. The molecule has 1 aliphatic rings. The van der Waals surface area contributed by atoms with E-state index in [2.05, 4.69) is 48.3 Å². The molecule has 2 heterocycles. The number of nitrogens with zero attached hydrogens (tertiary/aromatic N) is 2. The van der Waals surface area contributed by atoms with Crippen molar-refractivity contribution in [2.75, 3.05) is 0 Å². The summed E-state index contributed by atoms with van der Waals surface area (Å²) in [6, 6.07) is 8.79. The minimum Gasteiger partial charge on any atom is -0.327 e. The van der Waals surface area contributed by atoms with Gasteiger partial charge in [0.05, 0.1) is 17.4 Å². The molecule has 9 heteroatoms. The number of benzene rings is 1. The Hall–Kier alpha value is -2.33. The zero-order chi connectivity index (χ0) is 21.2. The van der Waals surface area contributed by atoms with E-state index in [0.717, 1.165) is 17.6 Å². The maximum absolute atomic E-state index is 8.74. The van der Waals surface area contributed by atoms with Crippen molar-refractivity contribution in [2.45, 2.75) is 51.0 Å². The van der Waals surface area contributed by atoms with Crippen LogP contribution in [0.5, 0.6) is 0 Å². The highest BCUT2D eigenvalue weighted by atomic mass is 32.3. The van der Waals surface area contributed by atoms with Gasteiger partial charge in [0.25, 0.3) is 0 Å². The van der Waals surface area contributed by atoms with E-state index >= 15 is 0 Å². The summed E-state index contributed by atoms with van der Waals surface area (Å²) >= 11 is 0. The Morgan fingerprint density at radius 2 is 1.90 bits per heavy atom. The fourth-order valence-electron chi connectivity index (χ4n) is 3.51. The predicted molar refractivity (Wildman–Crippen MR) is 112 cm³/mol. The van der Waals surface area contributed by atoms with Crippen LogP contribution in [0.15, 0.2) is 36.7 Å². The van der Waals surface area contributed by atoms with Crippen LogP contribution in [0.4, 0.5) is 0 Å². The van der Waals surface area contributed by atoms with Crippen molar-refractivity contribution in [3.05, 3.63) is 47.8 Å². The smallest absolute Gasteiger partial charge is 0.327 e. The number of fused-ring (bicyclic) bond motifs is 1. The Kier molecular flexibility index (Phi) is 6.33. The Morgan fingerprint density at radius 1 is 1.21 bits per heavy atom. The van der Waals surface area contributed by atoms with Gasteiger partial charge in [-0.2, -0.15) is 13.5 Å². The third-order valence-electron chi connectivity index (χ3n) is 5.35.